The van der Waals surface area contributed by atoms with Crippen molar-refractivity contribution >= 4 is 0 Å². The Balaban J connectivity index is 3.18. The lowest BCUT2D eigenvalue weighted by molar-refractivity contribution is 0.446. The maximum absolute atomic E-state index is 9.40. The molecule has 1 rings (SSSR count). The minimum atomic E-state index is 0.0952. The lowest BCUT2D eigenvalue weighted by Crippen LogP contribution is -1.87. The second-order valence-corrected chi connectivity index (χ2v) is 2.75. The highest BCUT2D eigenvalue weighted by atomic mass is 16.3. The summed E-state index contributed by atoms with van der Waals surface area (Å²) in [6.45, 7) is 5.43. The summed E-state index contributed by atoms with van der Waals surface area (Å²) in [4.78, 5) is 0. The number of phenols is 2. The molecule has 2 heteroatoms. The average molecular weight is 164 g/mol. The number of aryl methyl sites for hydroxylation is 1. The van der Waals surface area contributed by atoms with Crippen molar-refractivity contribution < 1.29 is 10.2 Å². The van der Waals surface area contributed by atoms with Gasteiger partial charge in [-0.1, -0.05) is 6.08 Å². The SMILES string of the molecule is C=CCc1c(C)cc(O)cc1O. The van der Waals surface area contributed by atoms with E-state index in [9.17, 15) is 5.11 Å². The molecule has 0 bridgehead atoms. The predicted molar refractivity (Wildman–Crippen MR) is 48.4 cm³/mol. The lowest BCUT2D eigenvalue weighted by Gasteiger charge is -2.06. The Kier molecular flexibility index (Phi) is 2.38. The summed E-state index contributed by atoms with van der Waals surface area (Å²) in [5.41, 5.74) is 1.70. The van der Waals surface area contributed by atoms with E-state index in [0.717, 1.165) is 11.1 Å². The van der Waals surface area contributed by atoms with Crippen LogP contribution in [0, 0.1) is 6.92 Å². The van der Waals surface area contributed by atoms with E-state index in [0.29, 0.717) is 6.42 Å². The highest BCUT2D eigenvalue weighted by Gasteiger charge is 2.04. The second-order valence-electron chi connectivity index (χ2n) is 2.75. The second kappa shape index (κ2) is 3.30. The predicted octanol–water partition coefficient (Wildman–Crippen LogP) is 2.13. The van der Waals surface area contributed by atoms with Crippen molar-refractivity contribution in [3.8, 4) is 11.5 Å². The number of allylic oxidation sites excluding steroid dienone is 1. The fourth-order valence-electron chi connectivity index (χ4n) is 1.19. The van der Waals surface area contributed by atoms with Gasteiger partial charge < -0.3 is 10.2 Å². The standard InChI is InChI=1S/C10H12O2/c1-3-4-9-7(2)5-8(11)6-10(9)12/h3,5-6,11-12H,1,4H2,2H3. The van der Waals surface area contributed by atoms with E-state index in [2.05, 4.69) is 6.58 Å². The zero-order chi connectivity index (χ0) is 9.14. The minimum absolute atomic E-state index is 0.0952. The van der Waals surface area contributed by atoms with E-state index in [1.807, 2.05) is 6.92 Å². The maximum Gasteiger partial charge on any atom is 0.123 e. The fourth-order valence-corrected chi connectivity index (χ4v) is 1.19. The molecule has 2 N–H and O–H groups in total. The summed E-state index contributed by atoms with van der Waals surface area (Å²) in [5.74, 6) is 0.227. The van der Waals surface area contributed by atoms with E-state index in [1.54, 1.807) is 12.1 Å². The zero-order valence-corrected chi connectivity index (χ0v) is 7.04. The average Bonchev–Trinajstić information content (AvgIpc) is 1.96. The van der Waals surface area contributed by atoms with Gasteiger partial charge in [-0.3, -0.25) is 0 Å². The molecule has 0 atom stereocenters. The number of aromatic hydroxyl groups is 2. The summed E-state index contributed by atoms with van der Waals surface area (Å²) >= 11 is 0. The van der Waals surface area contributed by atoms with Gasteiger partial charge in [0, 0.05) is 11.6 Å². The van der Waals surface area contributed by atoms with Crippen molar-refractivity contribution in [1.29, 1.82) is 0 Å². The molecule has 0 spiro atoms. The molecule has 0 fully saturated rings. The Morgan fingerprint density at radius 1 is 1.42 bits per heavy atom. The van der Waals surface area contributed by atoms with Gasteiger partial charge >= 0.3 is 0 Å². The van der Waals surface area contributed by atoms with E-state index in [-0.39, 0.29) is 11.5 Å². The first-order valence-electron chi connectivity index (χ1n) is 3.77. The first-order chi connectivity index (χ1) is 5.65. The van der Waals surface area contributed by atoms with Gasteiger partial charge in [0.1, 0.15) is 11.5 Å². The van der Waals surface area contributed by atoms with Gasteiger partial charge in [0.05, 0.1) is 0 Å². The Morgan fingerprint density at radius 2 is 2.08 bits per heavy atom. The molecule has 64 valence electrons. The van der Waals surface area contributed by atoms with Crippen LogP contribution < -0.4 is 0 Å². The summed E-state index contributed by atoms with van der Waals surface area (Å²) in [6, 6.07) is 2.96. The van der Waals surface area contributed by atoms with Gasteiger partial charge in [-0.15, -0.1) is 6.58 Å². The third-order valence-electron chi connectivity index (χ3n) is 1.78. The summed E-state index contributed by atoms with van der Waals surface area (Å²) in [6.07, 6.45) is 2.34. The minimum Gasteiger partial charge on any atom is -0.508 e. The van der Waals surface area contributed by atoms with Gasteiger partial charge in [-0.05, 0) is 25.0 Å². The van der Waals surface area contributed by atoms with Crippen LogP contribution in [0.25, 0.3) is 0 Å². The molecule has 12 heavy (non-hydrogen) atoms. The third kappa shape index (κ3) is 1.59. The maximum atomic E-state index is 9.40. The topological polar surface area (TPSA) is 40.5 Å². The highest BCUT2D eigenvalue weighted by molar-refractivity contribution is 5.45. The molecular weight excluding hydrogens is 152 g/mol. The molecule has 1 aromatic carbocycles. The van der Waals surface area contributed by atoms with Gasteiger partial charge in [-0.2, -0.15) is 0 Å². The lowest BCUT2D eigenvalue weighted by atomic mass is 10.0. The van der Waals surface area contributed by atoms with Crippen molar-refractivity contribution in [2.75, 3.05) is 0 Å². The Hall–Kier alpha value is -1.44. The van der Waals surface area contributed by atoms with Gasteiger partial charge in [0.15, 0.2) is 0 Å². The van der Waals surface area contributed by atoms with Gasteiger partial charge in [0.25, 0.3) is 0 Å². The molecule has 0 aromatic heterocycles. The molecule has 2 nitrogen and oxygen atoms in total. The van der Waals surface area contributed by atoms with Crippen LogP contribution in [-0.2, 0) is 6.42 Å². The van der Waals surface area contributed by atoms with Gasteiger partial charge in [-0.25, -0.2) is 0 Å². The van der Waals surface area contributed by atoms with E-state index in [1.165, 1.54) is 6.07 Å². The zero-order valence-electron chi connectivity index (χ0n) is 7.04. The van der Waals surface area contributed by atoms with Crippen LogP contribution in [0.15, 0.2) is 24.8 Å². The van der Waals surface area contributed by atoms with Crippen molar-refractivity contribution in [3.05, 3.63) is 35.9 Å². The van der Waals surface area contributed by atoms with Crippen LogP contribution >= 0.6 is 0 Å². The van der Waals surface area contributed by atoms with Crippen LogP contribution in [0.1, 0.15) is 11.1 Å². The smallest absolute Gasteiger partial charge is 0.123 e. The van der Waals surface area contributed by atoms with Crippen molar-refractivity contribution in [3.63, 3.8) is 0 Å². The van der Waals surface area contributed by atoms with E-state index in [4.69, 9.17) is 5.11 Å². The van der Waals surface area contributed by atoms with Gasteiger partial charge in [0.2, 0.25) is 0 Å². The molecule has 0 radical (unpaired) electrons. The molecule has 0 aliphatic carbocycles. The molecular formula is C10H12O2. The quantitative estimate of drug-likeness (QED) is 0.657. The van der Waals surface area contributed by atoms with Crippen molar-refractivity contribution in [2.24, 2.45) is 0 Å². The number of benzene rings is 1. The first kappa shape index (κ1) is 8.65. The molecule has 1 aromatic rings. The summed E-state index contributed by atoms with van der Waals surface area (Å²) < 4.78 is 0. The number of rotatable bonds is 2. The molecule has 0 unspecified atom stereocenters. The molecule has 0 aliphatic rings. The van der Waals surface area contributed by atoms with Crippen LogP contribution in [0.4, 0.5) is 0 Å². The number of hydrogen-bond acceptors (Lipinski definition) is 2. The molecule has 0 heterocycles. The normalized spacial score (nSPS) is 9.75. The van der Waals surface area contributed by atoms with E-state index >= 15 is 0 Å². The summed E-state index contributed by atoms with van der Waals surface area (Å²) in [5, 5.41) is 18.5. The number of phenolic OH excluding ortho intramolecular Hbond substituents is 2. The van der Waals surface area contributed by atoms with Crippen LogP contribution in [-0.4, -0.2) is 10.2 Å². The third-order valence-corrected chi connectivity index (χ3v) is 1.78. The van der Waals surface area contributed by atoms with E-state index < -0.39 is 0 Å². The Labute approximate surface area is 71.8 Å². The number of hydrogen-bond donors (Lipinski definition) is 2. The van der Waals surface area contributed by atoms with Crippen molar-refractivity contribution in [1.82, 2.24) is 0 Å². The fraction of sp³-hybridized carbons (Fsp3) is 0.200. The largest absolute Gasteiger partial charge is 0.508 e. The van der Waals surface area contributed by atoms with Crippen LogP contribution in [0.2, 0.25) is 0 Å². The Morgan fingerprint density at radius 3 is 2.58 bits per heavy atom. The molecule has 0 aliphatic heterocycles. The Bertz CT molecular complexity index is 280. The monoisotopic (exact) mass is 164 g/mol. The highest BCUT2D eigenvalue weighted by Crippen LogP contribution is 2.26. The van der Waals surface area contributed by atoms with Crippen LogP contribution in [0.3, 0.4) is 0 Å². The first-order valence-corrected chi connectivity index (χ1v) is 3.77. The molecule has 0 amide bonds. The van der Waals surface area contributed by atoms with Crippen LogP contribution in [0.5, 0.6) is 11.5 Å². The van der Waals surface area contributed by atoms with Crippen molar-refractivity contribution in [2.45, 2.75) is 13.3 Å². The molecule has 0 saturated carbocycles. The molecule has 0 saturated heterocycles. The summed E-state index contributed by atoms with van der Waals surface area (Å²) in [7, 11) is 0.